The van der Waals surface area contributed by atoms with E-state index in [1.54, 1.807) is 0 Å². The summed E-state index contributed by atoms with van der Waals surface area (Å²) in [7, 11) is 0. The van der Waals surface area contributed by atoms with Gasteiger partial charge in [0, 0.05) is 44.9 Å². The molecule has 0 atom stereocenters. The van der Waals surface area contributed by atoms with Gasteiger partial charge in [0.2, 0.25) is 0 Å². The predicted octanol–water partition coefficient (Wildman–Crippen LogP) is 7.57. The Hall–Kier alpha value is -1.19. The average Bonchev–Trinajstić information content (AvgIpc) is 3.26. The van der Waals surface area contributed by atoms with Crippen molar-refractivity contribution >= 4 is 51.8 Å². The van der Waals surface area contributed by atoms with Crippen LogP contribution in [0.1, 0.15) is 23.3 Å². The Labute approximate surface area is 173 Å². The van der Waals surface area contributed by atoms with Crippen LogP contribution in [-0.2, 0) is 6.42 Å². The lowest BCUT2D eigenvalue weighted by Crippen LogP contribution is -2.18. The third-order valence-electron chi connectivity index (χ3n) is 4.71. The minimum Gasteiger partial charge on any atom is -0.371 e. The lowest BCUT2D eigenvalue weighted by Gasteiger charge is -2.18. The summed E-state index contributed by atoms with van der Waals surface area (Å²) in [5, 5.41) is 2.13. The molecule has 0 amide bonds. The van der Waals surface area contributed by atoms with Gasteiger partial charge in [-0.3, -0.25) is 0 Å². The molecular weight excluding hydrogens is 405 g/mol. The topological polar surface area (TPSA) is 3.24 Å². The molecule has 26 heavy (non-hydrogen) atoms. The number of thiophene rings is 1. The highest BCUT2D eigenvalue weighted by Gasteiger charge is 2.20. The van der Waals surface area contributed by atoms with Gasteiger partial charge in [-0.15, -0.1) is 11.3 Å². The second kappa shape index (κ2) is 7.82. The summed E-state index contributed by atoms with van der Waals surface area (Å²) in [6.45, 7) is 2.25. The van der Waals surface area contributed by atoms with Crippen LogP contribution in [0.4, 0.5) is 5.69 Å². The van der Waals surface area contributed by atoms with Crippen molar-refractivity contribution < 1.29 is 0 Å². The second-order valence-corrected chi connectivity index (χ2v) is 8.96. The summed E-state index contributed by atoms with van der Waals surface area (Å²) < 4.78 is 0. The van der Waals surface area contributed by atoms with E-state index in [2.05, 4.69) is 23.1 Å². The Morgan fingerprint density at radius 2 is 1.54 bits per heavy atom. The van der Waals surface area contributed by atoms with Gasteiger partial charge in [-0.05, 0) is 48.7 Å². The van der Waals surface area contributed by atoms with E-state index >= 15 is 0 Å². The van der Waals surface area contributed by atoms with Gasteiger partial charge in [-0.2, -0.15) is 0 Å². The van der Waals surface area contributed by atoms with E-state index in [1.807, 2.05) is 41.7 Å². The van der Waals surface area contributed by atoms with Crippen LogP contribution in [0.25, 0.3) is 10.4 Å². The number of anilines is 1. The van der Waals surface area contributed by atoms with Crippen molar-refractivity contribution in [2.24, 2.45) is 0 Å². The Kier molecular flexibility index (Phi) is 5.47. The van der Waals surface area contributed by atoms with Crippen LogP contribution in [0.5, 0.6) is 0 Å². The van der Waals surface area contributed by atoms with Crippen LogP contribution in [0.3, 0.4) is 0 Å². The molecule has 0 aliphatic carbocycles. The largest absolute Gasteiger partial charge is 0.371 e. The predicted molar refractivity (Wildman–Crippen MR) is 115 cm³/mol. The first kappa shape index (κ1) is 18.2. The van der Waals surface area contributed by atoms with Crippen molar-refractivity contribution in [1.82, 2.24) is 0 Å². The smallest absolute Gasteiger partial charge is 0.0517 e. The van der Waals surface area contributed by atoms with E-state index in [9.17, 15) is 0 Å². The standard InChI is InChI=1S/C21H18Cl3NS/c22-15-5-3-14(4-6-15)11-21-19(25-9-1-2-10-25)13-20(26-21)17-8-7-16(23)12-18(17)24/h3-8,12-13H,1-2,9-11H2. The van der Waals surface area contributed by atoms with Gasteiger partial charge < -0.3 is 4.90 Å². The fraction of sp³-hybridized carbons (Fsp3) is 0.238. The quantitative estimate of drug-likeness (QED) is 0.419. The van der Waals surface area contributed by atoms with Crippen molar-refractivity contribution in [3.63, 3.8) is 0 Å². The zero-order valence-electron chi connectivity index (χ0n) is 14.1. The van der Waals surface area contributed by atoms with Crippen LogP contribution in [-0.4, -0.2) is 13.1 Å². The van der Waals surface area contributed by atoms with Crippen molar-refractivity contribution in [3.8, 4) is 10.4 Å². The van der Waals surface area contributed by atoms with Gasteiger partial charge in [0.05, 0.1) is 10.7 Å². The summed E-state index contributed by atoms with van der Waals surface area (Å²) in [4.78, 5) is 5.06. The average molecular weight is 423 g/mol. The molecule has 3 aromatic rings. The normalized spacial score (nSPS) is 14.2. The molecule has 1 aromatic heterocycles. The van der Waals surface area contributed by atoms with Gasteiger partial charge in [-0.25, -0.2) is 0 Å². The minimum atomic E-state index is 0.663. The van der Waals surface area contributed by atoms with Gasteiger partial charge >= 0.3 is 0 Å². The Balaban J connectivity index is 1.73. The molecule has 2 aromatic carbocycles. The Bertz CT molecular complexity index is 912. The Morgan fingerprint density at radius 3 is 2.23 bits per heavy atom. The maximum atomic E-state index is 6.46. The summed E-state index contributed by atoms with van der Waals surface area (Å²) in [6.07, 6.45) is 3.42. The molecular formula is C21H18Cl3NS. The molecule has 0 spiro atoms. The lowest BCUT2D eigenvalue weighted by atomic mass is 10.1. The maximum Gasteiger partial charge on any atom is 0.0517 e. The van der Waals surface area contributed by atoms with Crippen LogP contribution in [0, 0.1) is 0 Å². The molecule has 0 radical (unpaired) electrons. The molecule has 5 heteroatoms. The fourth-order valence-electron chi connectivity index (χ4n) is 3.38. The maximum absolute atomic E-state index is 6.46. The molecule has 4 rings (SSSR count). The highest BCUT2D eigenvalue weighted by molar-refractivity contribution is 7.16. The molecule has 134 valence electrons. The van der Waals surface area contributed by atoms with Gasteiger partial charge in [0.25, 0.3) is 0 Å². The molecule has 1 fully saturated rings. The highest BCUT2D eigenvalue weighted by Crippen LogP contribution is 2.42. The summed E-state index contributed by atoms with van der Waals surface area (Å²) in [5.74, 6) is 0. The van der Waals surface area contributed by atoms with E-state index in [-0.39, 0.29) is 0 Å². The molecule has 0 unspecified atom stereocenters. The SMILES string of the molecule is Clc1ccc(Cc2sc(-c3ccc(Cl)cc3Cl)cc2N2CCCC2)cc1. The highest BCUT2D eigenvalue weighted by atomic mass is 35.5. The van der Waals surface area contributed by atoms with E-state index in [0.717, 1.165) is 30.1 Å². The van der Waals surface area contributed by atoms with Crippen molar-refractivity contribution in [2.75, 3.05) is 18.0 Å². The van der Waals surface area contributed by atoms with E-state index in [1.165, 1.54) is 33.8 Å². The van der Waals surface area contributed by atoms with Crippen LogP contribution in [0.2, 0.25) is 15.1 Å². The molecule has 0 saturated carbocycles. The number of hydrogen-bond acceptors (Lipinski definition) is 2. The molecule has 1 aliphatic rings. The number of rotatable bonds is 4. The van der Waals surface area contributed by atoms with Crippen LogP contribution >= 0.6 is 46.1 Å². The number of benzene rings is 2. The molecule has 1 aliphatic heterocycles. The summed E-state index contributed by atoms with van der Waals surface area (Å²) in [5.41, 5.74) is 3.65. The molecule has 0 N–H and O–H groups in total. The fourth-order valence-corrected chi connectivity index (χ4v) is 5.33. The van der Waals surface area contributed by atoms with E-state index < -0.39 is 0 Å². The third-order valence-corrected chi connectivity index (χ3v) is 6.67. The summed E-state index contributed by atoms with van der Waals surface area (Å²) >= 11 is 20.4. The molecule has 1 nitrogen and oxygen atoms in total. The number of hydrogen-bond donors (Lipinski definition) is 0. The molecule has 1 saturated heterocycles. The van der Waals surface area contributed by atoms with Gasteiger partial charge in [-0.1, -0.05) is 53.0 Å². The zero-order chi connectivity index (χ0) is 18.1. The first-order valence-corrected chi connectivity index (χ1v) is 10.6. The first-order valence-electron chi connectivity index (χ1n) is 8.68. The number of nitrogens with zero attached hydrogens (tertiary/aromatic N) is 1. The zero-order valence-corrected chi connectivity index (χ0v) is 17.2. The van der Waals surface area contributed by atoms with Crippen LogP contribution in [0.15, 0.2) is 48.5 Å². The molecule has 0 bridgehead atoms. The van der Waals surface area contributed by atoms with Crippen molar-refractivity contribution in [1.29, 1.82) is 0 Å². The lowest BCUT2D eigenvalue weighted by molar-refractivity contribution is 0.949. The van der Waals surface area contributed by atoms with Crippen LogP contribution < -0.4 is 4.90 Å². The second-order valence-electron chi connectivity index (χ2n) is 6.54. The monoisotopic (exact) mass is 421 g/mol. The van der Waals surface area contributed by atoms with E-state index in [0.29, 0.717) is 10.0 Å². The van der Waals surface area contributed by atoms with Crippen molar-refractivity contribution in [3.05, 3.63) is 74.0 Å². The first-order chi connectivity index (χ1) is 12.6. The third kappa shape index (κ3) is 3.89. The Morgan fingerprint density at radius 1 is 0.846 bits per heavy atom. The minimum absolute atomic E-state index is 0.663. The number of halogens is 3. The molecule has 2 heterocycles. The van der Waals surface area contributed by atoms with Gasteiger partial charge in [0.15, 0.2) is 0 Å². The summed E-state index contributed by atoms with van der Waals surface area (Å²) in [6, 6.07) is 16.1. The van der Waals surface area contributed by atoms with Gasteiger partial charge in [0.1, 0.15) is 0 Å². The van der Waals surface area contributed by atoms with E-state index in [4.69, 9.17) is 34.8 Å². The van der Waals surface area contributed by atoms with Crippen molar-refractivity contribution in [2.45, 2.75) is 19.3 Å².